The number of aliphatic hydroxyl groups is 3. The Hall–Kier alpha value is -3.61. The third-order valence-electron chi connectivity index (χ3n) is 7.70. The van der Waals surface area contributed by atoms with Crippen molar-refractivity contribution in [3.63, 3.8) is 0 Å². The Kier molecular flexibility index (Phi) is 7.41. The SMILES string of the molecule is CN(C)c1ccc(O)c2c1C[C@H]1C[C@H]3[C@H](N(C)C)C(=O)C(C(=O)NCNC(=O)CCl)=C(O)[C@@]3(O)C(=O)C1=C2O. The zero-order valence-electron chi connectivity index (χ0n) is 21.9. The molecule has 13 heteroatoms. The molecule has 1 fully saturated rings. The Morgan fingerprint density at radius 2 is 1.77 bits per heavy atom. The largest absolute Gasteiger partial charge is 0.508 e. The lowest BCUT2D eigenvalue weighted by Crippen LogP contribution is -2.66. The van der Waals surface area contributed by atoms with Gasteiger partial charge in [-0.2, -0.15) is 0 Å². The van der Waals surface area contributed by atoms with E-state index in [2.05, 4.69) is 10.6 Å². The van der Waals surface area contributed by atoms with Crippen LogP contribution < -0.4 is 15.5 Å². The van der Waals surface area contributed by atoms with Crippen LogP contribution in [0.4, 0.5) is 5.69 Å². The molecule has 210 valence electrons. The molecule has 1 aromatic rings. The Morgan fingerprint density at radius 1 is 1.10 bits per heavy atom. The van der Waals surface area contributed by atoms with Gasteiger partial charge in [-0.25, -0.2) is 0 Å². The fourth-order valence-corrected chi connectivity index (χ4v) is 6.08. The number of aliphatic hydroxyl groups excluding tert-OH is 2. The standard InChI is InChI=1S/C26H31ClN4O8/c1-30(2)14-5-6-15(32)18-12(14)7-11-8-13-20(31(3)4)22(35)19(25(38)29-10-28-16(33)9-27)24(37)26(13,39)23(36)17(11)21(18)34/h5-6,11,13,20,32,34,37,39H,7-10H2,1-4H3,(H,28,33)(H,29,38)/t11-,13-,20-,26-/m0/s1. The van der Waals surface area contributed by atoms with Gasteiger partial charge in [0.15, 0.2) is 11.4 Å². The monoisotopic (exact) mass is 562 g/mol. The molecule has 3 aliphatic carbocycles. The first-order chi connectivity index (χ1) is 18.3. The molecule has 3 aliphatic rings. The van der Waals surface area contributed by atoms with Crippen molar-refractivity contribution in [3.8, 4) is 5.75 Å². The number of anilines is 1. The van der Waals surface area contributed by atoms with E-state index in [1.54, 1.807) is 39.2 Å². The minimum Gasteiger partial charge on any atom is -0.508 e. The van der Waals surface area contributed by atoms with E-state index in [4.69, 9.17) is 11.6 Å². The van der Waals surface area contributed by atoms with Crippen LogP contribution >= 0.6 is 11.6 Å². The summed E-state index contributed by atoms with van der Waals surface area (Å²) in [6.07, 6.45) is 0.240. The Morgan fingerprint density at radius 3 is 2.36 bits per heavy atom. The van der Waals surface area contributed by atoms with Gasteiger partial charge < -0.3 is 36.0 Å². The van der Waals surface area contributed by atoms with Crippen molar-refractivity contribution in [1.29, 1.82) is 0 Å². The van der Waals surface area contributed by atoms with Gasteiger partial charge in [-0.15, -0.1) is 11.6 Å². The average molecular weight is 563 g/mol. The van der Waals surface area contributed by atoms with Gasteiger partial charge in [0, 0.05) is 31.3 Å². The summed E-state index contributed by atoms with van der Waals surface area (Å²) in [5, 5.41) is 49.4. The zero-order chi connectivity index (χ0) is 29.0. The molecule has 2 amide bonds. The molecular weight excluding hydrogens is 532 g/mol. The lowest BCUT2D eigenvalue weighted by atomic mass is 9.57. The van der Waals surface area contributed by atoms with E-state index in [1.807, 2.05) is 0 Å². The number of ketones is 2. The number of hydrogen-bond acceptors (Lipinski definition) is 10. The minimum absolute atomic E-state index is 0.0168. The van der Waals surface area contributed by atoms with Crippen molar-refractivity contribution in [2.24, 2.45) is 11.8 Å². The van der Waals surface area contributed by atoms with Gasteiger partial charge in [0.05, 0.1) is 18.3 Å². The van der Waals surface area contributed by atoms with Crippen LogP contribution in [0.25, 0.3) is 5.76 Å². The first-order valence-corrected chi connectivity index (χ1v) is 12.8. The molecule has 39 heavy (non-hydrogen) atoms. The molecule has 1 saturated carbocycles. The van der Waals surface area contributed by atoms with Crippen molar-refractivity contribution in [2.45, 2.75) is 24.5 Å². The minimum atomic E-state index is -2.71. The molecule has 4 atom stereocenters. The van der Waals surface area contributed by atoms with E-state index in [-0.39, 0.29) is 35.6 Å². The van der Waals surface area contributed by atoms with Gasteiger partial charge >= 0.3 is 0 Å². The maximum Gasteiger partial charge on any atom is 0.259 e. The summed E-state index contributed by atoms with van der Waals surface area (Å²) in [4.78, 5) is 55.1. The quantitative estimate of drug-likeness (QED) is 0.157. The third kappa shape index (κ3) is 4.32. The van der Waals surface area contributed by atoms with Gasteiger partial charge in [0.1, 0.15) is 28.7 Å². The zero-order valence-corrected chi connectivity index (χ0v) is 22.7. The number of benzene rings is 1. The molecule has 1 aromatic carbocycles. The summed E-state index contributed by atoms with van der Waals surface area (Å²) in [6, 6.07) is 1.91. The first kappa shape index (κ1) is 28.4. The van der Waals surface area contributed by atoms with Gasteiger partial charge in [0.25, 0.3) is 5.91 Å². The summed E-state index contributed by atoms with van der Waals surface area (Å²) in [5.74, 6) is -7.63. The van der Waals surface area contributed by atoms with Crippen molar-refractivity contribution in [2.75, 3.05) is 45.6 Å². The number of carbonyl (C=O) groups excluding carboxylic acids is 4. The van der Waals surface area contributed by atoms with Crippen molar-refractivity contribution in [1.82, 2.24) is 15.5 Å². The number of phenols is 1. The molecule has 0 aliphatic heterocycles. The Labute approximate surface area is 229 Å². The van der Waals surface area contributed by atoms with Crippen LogP contribution in [0.3, 0.4) is 0 Å². The molecule has 6 N–H and O–H groups in total. The molecule has 0 heterocycles. The second-order valence-electron chi connectivity index (χ2n) is 10.4. The van der Waals surface area contributed by atoms with Crippen LogP contribution in [0.1, 0.15) is 17.5 Å². The maximum atomic E-state index is 14.0. The van der Waals surface area contributed by atoms with Crippen LogP contribution in [0, 0.1) is 11.8 Å². The number of likely N-dealkylation sites (N-methyl/N-ethyl adjacent to an activating group) is 1. The lowest BCUT2D eigenvalue weighted by Gasteiger charge is -2.50. The number of nitrogens with one attached hydrogen (secondary N) is 2. The van der Waals surface area contributed by atoms with Crippen molar-refractivity contribution < 1.29 is 39.6 Å². The maximum absolute atomic E-state index is 14.0. The van der Waals surface area contributed by atoms with E-state index in [0.29, 0.717) is 11.3 Å². The number of fused-ring (bicyclic) bond motifs is 3. The number of Topliss-reactive ketones (excluding diaryl/α,β-unsaturated/α-hetero) is 2. The summed E-state index contributed by atoms with van der Waals surface area (Å²) in [6.45, 7) is -0.421. The summed E-state index contributed by atoms with van der Waals surface area (Å²) < 4.78 is 0. The normalized spacial score (nSPS) is 26.2. The molecule has 0 spiro atoms. The molecule has 4 rings (SSSR count). The van der Waals surface area contributed by atoms with E-state index in [0.717, 1.165) is 0 Å². The molecule has 0 unspecified atom stereocenters. The van der Waals surface area contributed by atoms with Gasteiger partial charge in [0.2, 0.25) is 11.7 Å². The molecular formula is C26H31ClN4O8. The Bertz CT molecular complexity index is 1340. The van der Waals surface area contributed by atoms with Crippen LogP contribution in [0.2, 0.25) is 0 Å². The number of aromatic hydroxyl groups is 1. The number of halogens is 1. The summed E-state index contributed by atoms with van der Waals surface area (Å²) >= 11 is 5.41. The number of nitrogens with zero attached hydrogens (tertiary/aromatic N) is 2. The van der Waals surface area contributed by atoms with E-state index in [1.165, 1.54) is 11.0 Å². The predicted molar refractivity (Wildman–Crippen MR) is 141 cm³/mol. The molecule has 12 nitrogen and oxygen atoms in total. The number of rotatable bonds is 6. The summed E-state index contributed by atoms with van der Waals surface area (Å²) in [7, 11) is 6.69. The fraction of sp³-hybridized carbons (Fsp3) is 0.462. The van der Waals surface area contributed by atoms with E-state index < -0.39 is 70.6 Å². The highest BCUT2D eigenvalue weighted by atomic mass is 35.5. The highest BCUT2D eigenvalue weighted by Crippen LogP contribution is 2.53. The van der Waals surface area contributed by atoms with Crippen LogP contribution in [0.5, 0.6) is 5.75 Å². The average Bonchev–Trinajstić information content (AvgIpc) is 2.85. The topological polar surface area (TPSA) is 180 Å². The van der Waals surface area contributed by atoms with E-state index >= 15 is 0 Å². The van der Waals surface area contributed by atoms with Crippen molar-refractivity contribution in [3.05, 3.63) is 40.2 Å². The van der Waals surface area contributed by atoms with Crippen molar-refractivity contribution >= 4 is 46.4 Å². The van der Waals surface area contributed by atoms with E-state index in [9.17, 15) is 39.6 Å². The number of hydrogen-bond donors (Lipinski definition) is 6. The summed E-state index contributed by atoms with van der Waals surface area (Å²) in [5.41, 5.74) is -2.36. The highest BCUT2D eigenvalue weighted by Gasteiger charge is 2.64. The third-order valence-corrected chi connectivity index (χ3v) is 7.94. The highest BCUT2D eigenvalue weighted by molar-refractivity contribution is 6.27. The lowest BCUT2D eigenvalue weighted by molar-refractivity contribution is -0.153. The van der Waals surface area contributed by atoms with Gasteiger partial charge in [-0.1, -0.05) is 0 Å². The predicted octanol–water partition coefficient (Wildman–Crippen LogP) is -0.0266. The van der Waals surface area contributed by atoms with Gasteiger partial charge in [-0.3, -0.25) is 24.1 Å². The second-order valence-corrected chi connectivity index (χ2v) is 10.6. The van der Waals surface area contributed by atoms with Gasteiger partial charge in [-0.05, 0) is 50.6 Å². The fourth-order valence-electron chi connectivity index (χ4n) is 5.99. The Balaban J connectivity index is 1.86. The number of carbonyl (C=O) groups is 4. The first-order valence-electron chi connectivity index (χ1n) is 12.2. The molecule has 0 aromatic heterocycles. The van der Waals surface area contributed by atoms with Crippen LogP contribution in [-0.2, 0) is 25.6 Å². The second kappa shape index (κ2) is 10.2. The van der Waals surface area contributed by atoms with Crippen LogP contribution in [-0.4, -0.2) is 101 Å². The smallest absolute Gasteiger partial charge is 0.259 e. The number of alkyl halides is 1. The number of phenolic OH excluding ortho intramolecular Hbond substituents is 1. The number of amides is 2. The molecule has 0 bridgehead atoms. The van der Waals surface area contributed by atoms with Crippen LogP contribution in [0.15, 0.2) is 29.0 Å². The molecule has 0 radical (unpaired) electrons. The molecule has 0 saturated heterocycles.